The first-order valence-corrected chi connectivity index (χ1v) is 4.85. The van der Waals surface area contributed by atoms with Crippen LogP contribution < -0.4 is 0 Å². The Morgan fingerprint density at radius 2 is 2.42 bits per heavy atom. The Balaban J connectivity index is 2.11. The molecule has 3 atom stereocenters. The molecule has 1 fully saturated rings. The second-order valence-electron chi connectivity index (χ2n) is 3.73. The molecular weight excluding hydrogens is 152 g/mol. The summed E-state index contributed by atoms with van der Waals surface area (Å²) in [4.78, 5) is 0. The molecule has 2 heteroatoms. The average Bonchev–Trinajstić information content (AvgIpc) is 2.45. The summed E-state index contributed by atoms with van der Waals surface area (Å²) >= 11 is 0. The van der Waals surface area contributed by atoms with Gasteiger partial charge in [-0.25, -0.2) is 0 Å². The van der Waals surface area contributed by atoms with Gasteiger partial charge in [-0.2, -0.15) is 0 Å². The van der Waals surface area contributed by atoms with E-state index in [9.17, 15) is 5.11 Å². The van der Waals surface area contributed by atoms with Crippen molar-refractivity contribution in [2.45, 2.75) is 50.9 Å². The van der Waals surface area contributed by atoms with Crippen LogP contribution >= 0.6 is 0 Å². The van der Waals surface area contributed by atoms with Crippen molar-refractivity contribution in [2.24, 2.45) is 0 Å². The van der Waals surface area contributed by atoms with Gasteiger partial charge in [0.15, 0.2) is 0 Å². The minimum absolute atomic E-state index is 0.0987. The summed E-state index contributed by atoms with van der Waals surface area (Å²) < 4.78 is 5.56. The first-order valence-electron chi connectivity index (χ1n) is 4.85. The number of fused-ring (bicyclic) bond motifs is 2. The molecule has 0 aromatic heterocycles. The summed E-state index contributed by atoms with van der Waals surface area (Å²) in [6.07, 6.45) is 6.47. The van der Waals surface area contributed by atoms with Crippen LogP contribution in [0.3, 0.4) is 0 Å². The van der Waals surface area contributed by atoms with Gasteiger partial charge in [0.25, 0.3) is 0 Å². The lowest BCUT2D eigenvalue weighted by Gasteiger charge is -2.26. The van der Waals surface area contributed by atoms with Crippen LogP contribution in [0.1, 0.15) is 32.6 Å². The first-order chi connectivity index (χ1) is 5.81. The van der Waals surface area contributed by atoms with Gasteiger partial charge in [0.05, 0.1) is 12.2 Å². The summed E-state index contributed by atoms with van der Waals surface area (Å²) in [6.45, 7) is 2.14. The van der Waals surface area contributed by atoms with Crippen molar-refractivity contribution >= 4 is 0 Å². The van der Waals surface area contributed by atoms with Crippen LogP contribution in [0.25, 0.3) is 0 Å². The number of rotatable bonds is 2. The van der Waals surface area contributed by atoms with E-state index in [0.29, 0.717) is 6.10 Å². The number of ether oxygens (including phenoxy) is 1. The highest BCUT2D eigenvalue weighted by atomic mass is 16.5. The molecule has 0 aromatic rings. The van der Waals surface area contributed by atoms with Crippen molar-refractivity contribution in [3.63, 3.8) is 0 Å². The lowest BCUT2D eigenvalue weighted by Crippen LogP contribution is -2.32. The Bertz CT molecular complexity index is 198. The summed E-state index contributed by atoms with van der Waals surface area (Å²) in [6, 6.07) is 0. The highest BCUT2D eigenvalue weighted by molar-refractivity contribution is 5.18. The molecule has 12 heavy (non-hydrogen) atoms. The minimum atomic E-state index is -0.316. The lowest BCUT2D eigenvalue weighted by molar-refractivity contribution is -0.0194. The van der Waals surface area contributed by atoms with Crippen molar-refractivity contribution in [1.82, 2.24) is 0 Å². The van der Waals surface area contributed by atoms with Gasteiger partial charge in [0.2, 0.25) is 0 Å². The molecule has 0 unspecified atom stereocenters. The molecule has 1 N–H and O–H groups in total. The van der Waals surface area contributed by atoms with Crippen LogP contribution in [0, 0.1) is 0 Å². The van der Waals surface area contributed by atoms with Crippen LogP contribution in [0.5, 0.6) is 0 Å². The maximum atomic E-state index is 9.79. The van der Waals surface area contributed by atoms with Gasteiger partial charge in [-0.3, -0.25) is 0 Å². The molecule has 0 radical (unpaired) electrons. The third-order valence-corrected chi connectivity index (χ3v) is 2.76. The van der Waals surface area contributed by atoms with E-state index in [0.717, 1.165) is 25.7 Å². The number of aliphatic hydroxyl groups is 1. The molecule has 2 aliphatic rings. The Morgan fingerprint density at radius 3 is 3.17 bits per heavy atom. The maximum Gasteiger partial charge on any atom is 0.101 e. The maximum absolute atomic E-state index is 9.79. The lowest BCUT2D eigenvalue weighted by atomic mass is 9.99. The van der Waals surface area contributed by atoms with Crippen molar-refractivity contribution in [3.05, 3.63) is 11.6 Å². The van der Waals surface area contributed by atoms with E-state index in [1.807, 2.05) is 0 Å². The van der Waals surface area contributed by atoms with Crippen LogP contribution in [-0.2, 0) is 4.74 Å². The molecule has 1 saturated heterocycles. The normalized spacial score (nSPS) is 39.8. The van der Waals surface area contributed by atoms with Crippen LogP contribution in [-0.4, -0.2) is 23.4 Å². The van der Waals surface area contributed by atoms with Gasteiger partial charge >= 0.3 is 0 Å². The molecule has 0 spiro atoms. The predicted octanol–water partition coefficient (Wildman–Crippen LogP) is 1.64. The quantitative estimate of drug-likeness (QED) is 0.635. The molecule has 2 aliphatic heterocycles. The molecule has 2 heterocycles. The SMILES string of the molecule is CCCC1=C[C@H]2CC[C@H](O2)[C@H]1O. The zero-order chi connectivity index (χ0) is 8.55. The first kappa shape index (κ1) is 8.27. The van der Waals surface area contributed by atoms with Crippen molar-refractivity contribution in [2.75, 3.05) is 0 Å². The third-order valence-electron chi connectivity index (χ3n) is 2.76. The summed E-state index contributed by atoms with van der Waals surface area (Å²) in [5.74, 6) is 0. The van der Waals surface area contributed by atoms with Gasteiger partial charge < -0.3 is 9.84 Å². The molecule has 68 valence electrons. The molecule has 0 aromatic carbocycles. The second kappa shape index (κ2) is 3.19. The molecule has 0 amide bonds. The largest absolute Gasteiger partial charge is 0.386 e. The fraction of sp³-hybridized carbons (Fsp3) is 0.800. The standard InChI is InChI=1S/C10H16O2/c1-2-3-7-6-8-4-5-9(12-8)10(7)11/h6,8-11H,2-5H2,1H3/t8-,9+,10+/m1/s1. The van der Waals surface area contributed by atoms with E-state index >= 15 is 0 Å². The van der Waals surface area contributed by atoms with Crippen molar-refractivity contribution in [1.29, 1.82) is 0 Å². The number of hydrogen-bond acceptors (Lipinski definition) is 2. The van der Waals surface area contributed by atoms with E-state index in [4.69, 9.17) is 4.74 Å². The van der Waals surface area contributed by atoms with Crippen molar-refractivity contribution < 1.29 is 9.84 Å². The fourth-order valence-electron chi connectivity index (χ4n) is 2.14. The van der Waals surface area contributed by atoms with E-state index in [-0.39, 0.29) is 12.2 Å². The summed E-state index contributed by atoms with van der Waals surface area (Å²) in [5.41, 5.74) is 1.20. The van der Waals surface area contributed by atoms with Crippen LogP contribution in [0.4, 0.5) is 0 Å². The minimum Gasteiger partial charge on any atom is -0.386 e. The highest BCUT2D eigenvalue weighted by Crippen LogP contribution is 2.33. The van der Waals surface area contributed by atoms with E-state index in [2.05, 4.69) is 13.0 Å². The van der Waals surface area contributed by atoms with Gasteiger partial charge in [0.1, 0.15) is 6.10 Å². The Labute approximate surface area is 73.2 Å². The van der Waals surface area contributed by atoms with Crippen LogP contribution in [0.15, 0.2) is 11.6 Å². The van der Waals surface area contributed by atoms with Gasteiger partial charge in [-0.1, -0.05) is 19.4 Å². The Kier molecular flexibility index (Phi) is 2.20. The smallest absolute Gasteiger partial charge is 0.101 e. The van der Waals surface area contributed by atoms with Gasteiger partial charge in [0, 0.05) is 0 Å². The molecule has 2 nitrogen and oxygen atoms in total. The topological polar surface area (TPSA) is 29.5 Å². The number of hydrogen-bond donors (Lipinski definition) is 1. The van der Waals surface area contributed by atoms with Crippen molar-refractivity contribution in [3.8, 4) is 0 Å². The Morgan fingerprint density at radius 1 is 1.58 bits per heavy atom. The fourth-order valence-corrected chi connectivity index (χ4v) is 2.14. The monoisotopic (exact) mass is 168 g/mol. The zero-order valence-corrected chi connectivity index (χ0v) is 7.49. The summed E-state index contributed by atoms with van der Waals surface area (Å²) in [5, 5.41) is 9.79. The van der Waals surface area contributed by atoms with Crippen LogP contribution in [0.2, 0.25) is 0 Å². The third kappa shape index (κ3) is 1.29. The van der Waals surface area contributed by atoms with Gasteiger partial charge in [-0.05, 0) is 24.8 Å². The highest BCUT2D eigenvalue weighted by Gasteiger charge is 2.35. The van der Waals surface area contributed by atoms with E-state index in [1.165, 1.54) is 5.57 Å². The zero-order valence-electron chi connectivity index (χ0n) is 7.49. The predicted molar refractivity (Wildman–Crippen MR) is 46.9 cm³/mol. The molecule has 2 rings (SSSR count). The second-order valence-corrected chi connectivity index (χ2v) is 3.73. The van der Waals surface area contributed by atoms with E-state index in [1.54, 1.807) is 0 Å². The number of aliphatic hydroxyl groups excluding tert-OH is 1. The average molecular weight is 168 g/mol. The van der Waals surface area contributed by atoms with Gasteiger partial charge in [-0.15, -0.1) is 0 Å². The Hall–Kier alpha value is -0.340. The molecular formula is C10H16O2. The molecule has 0 aliphatic carbocycles. The van der Waals surface area contributed by atoms with E-state index < -0.39 is 0 Å². The molecule has 0 saturated carbocycles. The summed E-state index contributed by atoms with van der Waals surface area (Å²) in [7, 11) is 0. The molecule has 2 bridgehead atoms.